The Morgan fingerprint density at radius 2 is 0.925 bits per heavy atom. The summed E-state index contributed by atoms with van der Waals surface area (Å²) in [5.41, 5.74) is 7.93. The maximum absolute atomic E-state index is 6.55. The summed E-state index contributed by atoms with van der Waals surface area (Å²) in [4.78, 5) is 2.61. The average Bonchev–Trinajstić information content (AvgIpc) is 3.16. The van der Waals surface area contributed by atoms with Gasteiger partial charge in [0.25, 0.3) is 0 Å². The number of nitrogens with zero attached hydrogens (tertiary/aromatic N) is 1. The number of nitrogens with two attached hydrogens (primary N) is 1. The molecule has 2 N–H and O–H groups in total. The molecule has 0 bridgehead atoms. The molecule has 53 heavy (non-hydrogen) atoms. The van der Waals surface area contributed by atoms with Crippen molar-refractivity contribution in [2.45, 2.75) is 218 Å². The molecule has 1 atom stereocenters. The fourth-order valence-corrected chi connectivity index (χ4v) is 8.17. The van der Waals surface area contributed by atoms with E-state index in [1.165, 1.54) is 185 Å². The predicted octanol–water partition coefficient (Wildman–Crippen LogP) is 14.2. The molecule has 6 heteroatoms. The zero-order valence-corrected chi connectivity index (χ0v) is 36.9. The maximum Gasteiger partial charge on any atom is 0.0934 e. The van der Waals surface area contributed by atoms with Crippen molar-refractivity contribution in [3.8, 4) is 0 Å². The number of rotatable bonds is 37. The molecule has 2 rings (SSSR count). The zero-order chi connectivity index (χ0) is 36.3. The number of hydrogen-bond acceptors (Lipinski definition) is 4. The topological polar surface area (TPSA) is 47.7 Å². The molecule has 1 saturated heterocycles. The second-order valence-corrected chi connectivity index (χ2v) is 16.4. The molecule has 1 fully saturated rings. The van der Waals surface area contributed by atoms with Crippen molar-refractivity contribution in [1.82, 2.24) is 4.90 Å². The van der Waals surface area contributed by atoms with E-state index in [1.807, 2.05) is 0 Å². The molecule has 1 aliphatic rings. The molecule has 4 nitrogen and oxygen atoms in total. The molecule has 1 unspecified atom stereocenters. The first-order valence-corrected chi connectivity index (χ1v) is 22.9. The highest BCUT2D eigenvalue weighted by Crippen LogP contribution is 2.34. The lowest BCUT2D eigenvalue weighted by Gasteiger charge is -2.42. The van der Waals surface area contributed by atoms with Crippen LogP contribution in [0.5, 0.6) is 0 Å². The summed E-state index contributed by atoms with van der Waals surface area (Å²) in [6, 6.07) is 11.0. The lowest BCUT2D eigenvalue weighted by molar-refractivity contribution is -0.0388. The third kappa shape index (κ3) is 27.8. The molecule has 0 amide bonds. The summed E-state index contributed by atoms with van der Waals surface area (Å²) in [7, 11) is 0. The first-order valence-electron chi connectivity index (χ1n) is 22.9. The van der Waals surface area contributed by atoms with Crippen LogP contribution in [0.2, 0.25) is 0 Å². The van der Waals surface area contributed by atoms with E-state index in [2.05, 4.69) is 49.1 Å². The van der Waals surface area contributed by atoms with E-state index in [-0.39, 0.29) is 36.3 Å². The molecule has 1 aromatic rings. The van der Waals surface area contributed by atoms with Gasteiger partial charge in [0.15, 0.2) is 0 Å². The number of unbranched alkanes of at least 4 members (excludes halogenated alkanes) is 26. The lowest BCUT2D eigenvalue weighted by atomic mass is 9.73. The molecular weight excluding hydrogens is 695 g/mol. The smallest absolute Gasteiger partial charge is 0.0934 e. The third-order valence-corrected chi connectivity index (χ3v) is 11.8. The van der Waals surface area contributed by atoms with Crippen molar-refractivity contribution < 1.29 is 9.47 Å². The number of halogens is 2. The predicted molar refractivity (Wildman–Crippen MR) is 239 cm³/mol. The molecule has 1 heterocycles. The van der Waals surface area contributed by atoms with Crippen LogP contribution in [0, 0.1) is 0 Å². The second kappa shape index (κ2) is 38.5. The van der Waals surface area contributed by atoms with Gasteiger partial charge in [-0.15, -0.1) is 24.8 Å². The quantitative estimate of drug-likeness (QED) is 0.0683. The van der Waals surface area contributed by atoms with E-state index in [0.29, 0.717) is 0 Å². The summed E-state index contributed by atoms with van der Waals surface area (Å²) in [5, 5.41) is 0. The zero-order valence-electron chi connectivity index (χ0n) is 35.3. The van der Waals surface area contributed by atoms with Gasteiger partial charge in [-0.25, -0.2) is 0 Å². The van der Waals surface area contributed by atoms with E-state index >= 15 is 0 Å². The van der Waals surface area contributed by atoms with E-state index in [4.69, 9.17) is 15.2 Å². The number of ether oxygens (including phenoxy) is 2. The van der Waals surface area contributed by atoms with Gasteiger partial charge >= 0.3 is 0 Å². The van der Waals surface area contributed by atoms with Gasteiger partial charge in [-0.05, 0) is 44.3 Å². The Labute approximate surface area is 343 Å². The Bertz CT molecular complexity index is 852. The van der Waals surface area contributed by atoms with Gasteiger partial charge in [-0.2, -0.15) is 0 Å². The van der Waals surface area contributed by atoms with Crippen LogP contribution in [-0.2, 0) is 14.9 Å². The SMILES string of the molecule is CCCCCCCCCCCCCCCCOCC(CN1CCC(CN)(c2ccccc2)CC1)OCCCCCCCCCCCCCCCC.Cl.Cl. The monoisotopic (exact) mass is 785 g/mol. The van der Waals surface area contributed by atoms with Crippen LogP contribution in [0.1, 0.15) is 212 Å². The number of hydrogen-bond donors (Lipinski definition) is 1. The summed E-state index contributed by atoms with van der Waals surface area (Å²) >= 11 is 0. The highest BCUT2D eigenvalue weighted by molar-refractivity contribution is 5.85. The number of likely N-dealkylation sites (tertiary alicyclic amines) is 1. The minimum Gasteiger partial charge on any atom is -0.379 e. The summed E-state index contributed by atoms with van der Waals surface area (Å²) in [6.45, 7) is 11.0. The van der Waals surface area contributed by atoms with Crippen molar-refractivity contribution in [2.24, 2.45) is 5.73 Å². The molecule has 0 spiro atoms. The number of benzene rings is 1. The molecule has 1 aromatic carbocycles. The fraction of sp³-hybridized carbons (Fsp3) is 0.872. The summed E-state index contributed by atoms with van der Waals surface area (Å²) in [6.07, 6.45) is 41.4. The van der Waals surface area contributed by atoms with Crippen LogP contribution < -0.4 is 5.73 Å². The van der Waals surface area contributed by atoms with Gasteiger partial charge in [0.05, 0.1) is 12.7 Å². The average molecular weight is 786 g/mol. The van der Waals surface area contributed by atoms with Gasteiger partial charge in [-0.3, -0.25) is 0 Å². The van der Waals surface area contributed by atoms with Crippen molar-refractivity contribution >= 4 is 24.8 Å². The summed E-state index contributed by atoms with van der Waals surface area (Å²) < 4.78 is 12.8. The van der Waals surface area contributed by atoms with E-state index < -0.39 is 0 Å². The van der Waals surface area contributed by atoms with Crippen LogP contribution in [0.25, 0.3) is 0 Å². The van der Waals surface area contributed by atoms with Crippen LogP contribution in [0.3, 0.4) is 0 Å². The molecule has 1 aliphatic heterocycles. The van der Waals surface area contributed by atoms with Crippen molar-refractivity contribution in [2.75, 3.05) is 46.0 Å². The normalized spacial score (nSPS) is 14.8. The van der Waals surface area contributed by atoms with Crippen LogP contribution in [0.4, 0.5) is 0 Å². The highest BCUT2D eigenvalue weighted by atomic mass is 35.5. The third-order valence-electron chi connectivity index (χ3n) is 11.8. The number of piperidine rings is 1. The molecule has 0 aliphatic carbocycles. The van der Waals surface area contributed by atoms with Crippen molar-refractivity contribution in [1.29, 1.82) is 0 Å². The van der Waals surface area contributed by atoms with E-state index in [0.717, 1.165) is 58.8 Å². The first kappa shape index (κ1) is 52.6. The molecule has 314 valence electrons. The summed E-state index contributed by atoms with van der Waals surface area (Å²) in [5.74, 6) is 0. The van der Waals surface area contributed by atoms with Crippen molar-refractivity contribution in [3.63, 3.8) is 0 Å². The minimum absolute atomic E-state index is 0. The van der Waals surface area contributed by atoms with Crippen molar-refractivity contribution in [3.05, 3.63) is 35.9 Å². The second-order valence-electron chi connectivity index (χ2n) is 16.4. The van der Waals surface area contributed by atoms with E-state index in [1.54, 1.807) is 0 Å². The Kier molecular flexibility index (Phi) is 38.2. The Morgan fingerprint density at radius 3 is 1.32 bits per heavy atom. The van der Waals surface area contributed by atoms with Crippen LogP contribution in [0.15, 0.2) is 30.3 Å². The maximum atomic E-state index is 6.55. The molecule has 0 saturated carbocycles. The fourth-order valence-electron chi connectivity index (χ4n) is 8.17. The highest BCUT2D eigenvalue weighted by Gasteiger charge is 2.35. The Balaban J connectivity index is 0.0000135. The lowest BCUT2D eigenvalue weighted by Crippen LogP contribution is -2.49. The van der Waals surface area contributed by atoms with E-state index in [9.17, 15) is 0 Å². The van der Waals surface area contributed by atoms with Gasteiger partial charge in [0, 0.05) is 31.7 Å². The molecule has 0 radical (unpaired) electrons. The minimum atomic E-state index is 0. The first-order chi connectivity index (χ1) is 25.2. The van der Waals surface area contributed by atoms with Gasteiger partial charge in [0.1, 0.15) is 0 Å². The van der Waals surface area contributed by atoms with Gasteiger partial charge < -0.3 is 20.1 Å². The largest absolute Gasteiger partial charge is 0.379 e. The van der Waals surface area contributed by atoms with Crippen LogP contribution in [-0.4, -0.2) is 57.0 Å². The Hall–Kier alpha value is -0.360. The standard InChI is InChI=1S/C47H88N2O2.2ClH/c1-3-5-7-9-11-13-15-17-19-21-23-25-27-32-40-50-43-46(42-49-38-36-47(44-48,37-39-49)45-34-30-29-31-35-45)51-41-33-28-26-24-22-20-18-16-14-12-10-8-6-4-2;;/h29-31,34-35,46H,3-28,32-33,36-44,48H2,1-2H3;2*1H. The van der Waals surface area contributed by atoms with Gasteiger partial charge in [0.2, 0.25) is 0 Å². The Morgan fingerprint density at radius 1 is 0.547 bits per heavy atom. The van der Waals surface area contributed by atoms with Gasteiger partial charge in [-0.1, -0.05) is 211 Å². The molecular formula is C47H90Cl2N2O2. The van der Waals surface area contributed by atoms with Crippen LogP contribution >= 0.6 is 24.8 Å². The molecule has 0 aromatic heterocycles.